The molecule has 0 aromatic rings. The summed E-state index contributed by atoms with van der Waals surface area (Å²) >= 11 is 2.08. The molecule has 14 heavy (non-hydrogen) atoms. The standard InChI is InChI=1S/C11H23NOS/c1-4-5-10(8-13-3)12-11-6-7-14-9(11)2/h9-12H,4-8H2,1-3H3. The lowest BCUT2D eigenvalue weighted by atomic mass is 10.1. The van der Waals surface area contributed by atoms with E-state index >= 15 is 0 Å². The Bertz CT molecular complexity index is 148. The van der Waals surface area contributed by atoms with Gasteiger partial charge in [-0.3, -0.25) is 0 Å². The summed E-state index contributed by atoms with van der Waals surface area (Å²) in [5.41, 5.74) is 0. The second-order valence-corrected chi connectivity index (χ2v) is 5.56. The molecule has 3 heteroatoms. The molecule has 0 bridgehead atoms. The normalized spacial score (nSPS) is 29.4. The first-order chi connectivity index (χ1) is 6.77. The van der Waals surface area contributed by atoms with Gasteiger partial charge in [-0.2, -0.15) is 11.8 Å². The van der Waals surface area contributed by atoms with Gasteiger partial charge in [0.15, 0.2) is 0 Å². The summed E-state index contributed by atoms with van der Waals surface area (Å²) in [6.07, 6.45) is 3.77. The molecule has 1 aliphatic heterocycles. The van der Waals surface area contributed by atoms with Crippen LogP contribution in [0.2, 0.25) is 0 Å². The summed E-state index contributed by atoms with van der Waals surface area (Å²) in [5.74, 6) is 1.31. The largest absolute Gasteiger partial charge is 0.383 e. The van der Waals surface area contributed by atoms with E-state index in [1.165, 1.54) is 25.0 Å². The average molecular weight is 217 g/mol. The maximum atomic E-state index is 5.23. The fourth-order valence-electron chi connectivity index (χ4n) is 2.02. The number of nitrogens with one attached hydrogen (secondary N) is 1. The number of rotatable bonds is 6. The van der Waals surface area contributed by atoms with Gasteiger partial charge in [0.05, 0.1) is 6.61 Å². The minimum Gasteiger partial charge on any atom is -0.383 e. The van der Waals surface area contributed by atoms with E-state index in [1.807, 2.05) is 0 Å². The van der Waals surface area contributed by atoms with Crippen molar-refractivity contribution < 1.29 is 4.74 Å². The van der Waals surface area contributed by atoms with Gasteiger partial charge >= 0.3 is 0 Å². The van der Waals surface area contributed by atoms with Gasteiger partial charge in [-0.1, -0.05) is 20.3 Å². The van der Waals surface area contributed by atoms with Crippen molar-refractivity contribution in [1.29, 1.82) is 0 Å². The number of thioether (sulfide) groups is 1. The van der Waals surface area contributed by atoms with Crippen LogP contribution in [0.4, 0.5) is 0 Å². The summed E-state index contributed by atoms with van der Waals surface area (Å²) in [6, 6.07) is 1.25. The molecule has 3 atom stereocenters. The fraction of sp³-hybridized carbons (Fsp3) is 1.00. The van der Waals surface area contributed by atoms with Crippen molar-refractivity contribution in [3.63, 3.8) is 0 Å². The van der Waals surface area contributed by atoms with Crippen molar-refractivity contribution in [3.8, 4) is 0 Å². The SMILES string of the molecule is CCCC(COC)NC1CCSC1C. The third kappa shape index (κ3) is 3.79. The molecular formula is C11H23NOS. The zero-order valence-corrected chi connectivity index (χ0v) is 10.4. The molecule has 0 radical (unpaired) electrons. The minimum atomic E-state index is 0.552. The van der Waals surface area contributed by atoms with Crippen molar-refractivity contribution in [3.05, 3.63) is 0 Å². The molecule has 0 spiro atoms. The minimum absolute atomic E-state index is 0.552. The van der Waals surface area contributed by atoms with Crippen LogP contribution in [0.25, 0.3) is 0 Å². The topological polar surface area (TPSA) is 21.3 Å². The van der Waals surface area contributed by atoms with Crippen LogP contribution in [0.15, 0.2) is 0 Å². The Kier molecular flexibility index (Phi) is 5.90. The number of methoxy groups -OCH3 is 1. The molecule has 0 aromatic heterocycles. The lowest BCUT2D eigenvalue weighted by Crippen LogP contribution is -2.43. The number of hydrogen-bond acceptors (Lipinski definition) is 3. The molecule has 0 aromatic carbocycles. The second kappa shape index (κ2) is 6.70. The van der Waals surface area contributed by atoms with Crippen LogP contribution < -0.4 is 5.32 Å². The monoisotopic (exact) mass is 217 g/mol. The molecule has 84 valence electrons. The average Bonchev–Trinajstić information content (AvgIpc) is 2.53. The zero-order chi connectivity index (χ0) is 10.4. The Morgan fingerprint density at radius 3 is 2.86 bits per heavy atom. The Morgan fingerprint density at radius 2 is 2.36 bits per heavy atom. The van der Waals surface area contributed by atoms with Crippen LogP contribution in [0, 0.1) is 0 Å². The van der Waals surface area contributed by atoms with E-state index in [0.717, 1.165) is 11.9 Å². The molecule has 0 aliphatic carbocycles. The maximum absolute atomic E-state index is 5.23. The molecule has 2 nitrogen and oxygen atoms in total. The van der Waals surface area contributed by atoms with Gasteiger partial charge in [0.25, 0.3) is 0 Å². The molecule has 1 rings (SSSR count). The van der Waals surface area contributed by atoms with Crippen molar-refractivity contribution >= 4 is 11.8 Å². The summed E-state index contributed by atoms with van der Waals surface area (Å²) in [4.78, 5) is 0. The molecule has 1 heterocycles. The maximum Gasteiger partial charge on any atom is 0.0615 e. The zero-order valence-electron chi connectivity index (χ0n) is 9.58. The highest BCUT2D eigenvalue weighted by Crippen LogP contribution is 2.26. The van der Waals surface area contributed by atoms with E-state index in [-0.39, 0.29) is 0 Å². The third-order valence-corrected chi connectivity index (χ3v) is 4.16. The highest BCUT2D eigenvalue weighted by molar-refractivity contribution is 8.00. The highest BCUT2D eigenvalue weighted by atomic mass is 32.2. The predicted octanol–water partition coefficient (Wildman–Crippen LogP) is 2.29. The van der Waals surface area contributed by atoms with Crippen LogP contribution in [-0.4, -0.2) is 36.8 Å². The van der Waals surface area contributed by atoms with Gasteiger partial charge in [-0.25, -0.2) is 0 Å². The summed E-state index contributed by atoms with van der Waals surface area (Å²) in [6.45, 7) is 5.41. The van der Waals surface area contributed by atoms with Crippen molar-refractivity contribution in [2.24, 2.45) is 0 Å². The summed E-state index contributed by atoms with van der Waals surface area (Å²) in [7, 11) is 1.79. The molecule has 1 saturated heterocycles. The van der Waals surface area contributed by atoms with Gasteiger partial charge in [-0.15, -0.1) is 0 Å². The van der Waals surface area contributed by atoms with Gasteiger partial charge in [-0.05, 0) is 18.6 Å². The molecule has 0 saturated carbocycles. The van der Waals surface area contributed by atoms with Crippen molar-refractivity contribution in [2.45, 2.75) is 50.4 Å². The first-order valence-electron chi connectivity index (χ1n) is 5.64. The van der Waals surface area contributed by atoms with Gasteiger partial charge in [0, 0.05) is 24.4 Å². The molecular weight excluding hydrogens is 194 g/mol. The molecule has 1 N–H and O–H groups in total. The smallest absolute Gasteiger partial charge is 0.0615 e. The van der Waals surface area contributed by atoms with E-state index in [4.69, 9.17) is 4.74 Å². The molecule has 3 unspecified atom stereocenters. The Morgan fingerprint density at radius 1 is 1.57 bits per heavy atom. The van der Waals surface area contributed by atoms with Crippen molar-refractivity contribution in [2.75, 3.05) is 19.5 Å². The predicted molar refractivity (Wildman–Crippen MR) is 64.0 cm³/mol. The number of ether oxygens (including phenoxy) is 1. The second-order valence-electron chi connectivity index (χ2n) is 4.08. The van der Waals surface area contributed by atoms with E-state index in [0.29, 0.717) is 12.1 Å². The highest BCUT2D eigenvalue weighted by Gasteiger charge is 2.25. The Balaban J connectivity index is 2.29. The lowest BCUT2D eigenvalue weighted by molar-refractivity contribution is 0.156. The van der Waals surface area contributed by atoms with Crippen LogP contribution >= 0.6 is 11.8 Å². The summed E-state index contributed by atoms with van der Waals surface area (Å²) < 4.78 is 5.23. The molecule has 1 fully saturated rings. The third-order valence-electron chi connectivity index (χ3n) is 2.83. The first-order valence-corrected chi connectivity index (χ1v) is 6.69. The fourth-order valence-corrected chi connectivity index (χ4v) is 3.23. The van der Waals surface area contributed by atoms with Gasteiger partial charge < -0.3 is 10.1 Å². The Hall–Kier alpha value is 0.270. The molecule has 0 amide bonds. The van der Waals surface area contributed by atoms with Crippen LogP contribution in [0.3, 0.4) is 0 Å². The molecule has 1 aliphatic rings. The summed E-state index contributed by atoms with van der Waals surface area (Å²) in [5, 5.41) is 4.49. The van der Waals surface area contributed by atoms with E-state index in [9.17, 15) is 0 Å². The van der Waals surface area contributed by atoms with Crippen LogP contribution in [0.5, 0.6) is 0 Å². The Labute approximate surface area is 92.2 Å². The van der Waals surface area contributed by atoms with Crippen molar-refractivity contribution in [1.82, 2.24) is 5.32 Å². The van der Waals surface area contributed by atoms with Gasteiger partial charge in [0.1, 0.15) is 0 Å². The first kappa shape index (κ1) is 12.3. The lowest BCUT2D eigenvalue weighted by Gasteiger charge is -2.24. The van der Waals surface area contributed by atoms with Crippen LogP contribution in [-0.2, 0) is 4.74 Å². The van der Waals surface area contributed by atoms with Crippen LogP contribution in [0.1, 0.15) is 33.1 Å². The van der Waals surface area contributed by atoms with E-state index in [2.05, 4.69) is 30.9 Å². The van der Waals surface area contributed by atoms with E-state index < -0.39 is 0 Å². The quantitative estimate of drug-likeness (QED) is 0.737. The van der Waals surface area contributed by atoms with Gasteiger partial charge in [0.2, 0.25) is 0 Å². The number of hydrogen-bond donors (Lipinski definition) is 1. The van der Waals surface area contributed by atoms with E-state index in [1.54, 1.807) is 7.11 Å².